The maximum absolute atomic E-state index is 13.7. The minimum atomic E-state index is -1.51. The Morgan fingerprint density at radius 3 is 2.80 bits per heavy atom. The molecule has 0 spiro atoms. The molecule has 82 valence electrons. The summed E-state index contributed by atoms with van der Waals surface area (Å²) in [5.41, 5.74) is -1.45. The van der Waals surface area contributed by atoms with Crippen LogP contribution >= 0.6 is 11.6 Å². The van der Waals surface area contributed by atoms with Crippen molar-refractivity contribution in [3.63, 3.8) is 0 Å². The van der Waals surface area contributed by atoms with Gasteiger partial charge in [-0.1, -0.05) is 11.6 Å². The van der Waals surface area contributed by atoms with Crippen molar-refractivity contribution in [2.45, 2.75) is 18.5 Å². The fourth-order valence-electron chi connectivity index (χ4n) is 1.31. The van der Waals surface area contributed by atoms with Crippen molar-refractivity contribution in [1.29, 1.82) is 0 Å². The maximum atomic E-state index is 13.7. The highest BCUT2D eigenvalue weighted by Gasteiger charge is 2.50. The molecule has 15 heavy (non-hydrogen) atoms. The number of carboxylic acid groups (broad SMARTS) is 1. The minimum absolute atomic E-state index is 0.0583. The van der Waals surface area contributed by atoms with Crippen molar-refractivity contribution in [2.75, 3.05) is 0 Å². The monoisotopic (exact) mass is 234 g/mol. The Morgan fingerprint density at radius 1 is 1.73 bits per heavy atom. The van der Waals surface area contributed by atoms with Crippen LogP contribution in [0.4, 0.5) is 9.18 Å². The molecule has 2 rings (SSSR count). The highest BCUT2D eigenvalue weighted by molar-refractivity contribution is 6.32. The van der Waals surface area contributed by atoms with Crippen LogP contribution in [0, 0.1) is 0 Å². The predicted molar refractivity (Wildman–Crippen MR) is 48.9 cm³/mol. The number of aromatic nitrogens is 2. The molecule has 5 nitrogen and oxygen atoms in total. The van der Waals surface area contributed by atoms with Gasteiger partial charge in [0.1, 0.15) is 10.7 Å². The van der Waals surface area contributed by atoms with Gasteiger partial charge in [0, 0.05) is 7.05 Å². The van der Waals surface area contributed by atoms with E-state index in [0.717, 1.165) is 4.68 Å². The van der Waals surface area contributed by atoms with Gasteiger partial charge in [-0.05, 0) is 12.8 Å². The first-order valence-electron chi connectivity index (χ1n) is 4.27. The van der Waals surface area contributed by atoms with E-state index >= 15 is 0 Å². The zero-order chi connectivity index (χ0) is 11.2. The first-order valence-corrected chi connectivity index (χ1v) is 4.64. The van der Waals surface area contributed by atoms with Crippen LogP contribution < -0.4 is 4.74 Å². The van der Waals surface area contributed by atoms with Gasteiger partial charge in [0.2, 0.25) is 5.88 Å². The molecule has 1 aromatic heterocycles. The molecule has 0 amide bonds. The van der Waals surface area contributed by atoms with E-state index in [1.54, 1.807) is 0 Å². The second-order valence-electron chi connectivity index (χ2n) is 3.42. The van der Waals surface area contributed by atoms with E-state index in [1.165, 1.54) is 7.05 Å². The number of nitrogens with zero attached hydrogens (tertiary/aromatic N) is 2. The molecule has 1 fully saturated rings. The number of rotatable bonds is 2. The Bertz CT molecular complexity index is 428. The molecule has 0 atom stereocenters. The summed E-state index contributed by atoms with van der Waals surface area (Å²) in [7, 11) is 1.44. The summed E-state index contributed by atoms with van der Waals surface area (Å²) in [4.78, 5) is 10.3. The predicted octanol–water partition coefficient (Wildman–Crippen LogP) is 2.09. The van der Waals surface area contributed by atoms with Gasteiger partial charge in [-0.25, -0.2) is 13.9 Å². The third kappa shape index (κ3) is 1.65. The van der Waals surface area contributed by atoms with E-state index in [9.17, 15) is 9.18 Å². The summed E-state index contributed by atoms with van der Waals surface area (Å²) in [5, 5.41) is 12.2. The molecule has 1 aliphatic rings. The standard InChI is InChI=1S/C8H8ClFN2O3/c1-12-6(15-7(13)14)4(9)5(11-12)8(10)2-3-8/h2-3H2,1H3,(H,13,14). The fourth-order valence-corrected chi connectivity index (χ4v) is 1.68. The molecule has 7 heteroatoms. The third-order valence-electron chi connectivity index (χ3n) is 2.24. The molecule has 1 heterocycles. The van der Waals surface area contributed by atoms with Gasteiger partial charge in [-0.3, -0.25) is 0 Å². The SMILES string of the molecule is Cn1nc(C2(F)CC2)c(Cl)c1OC(=O)O. The van der Waals surface area contributed by atoms with Crippen molar-refractivity contribution in [1.82, 2.24) is 9.78 Å². The Kier molecular flexibility index (Phi) is 2.11. The Morgan fingerprint density at radius 2 is 2.33 bits per heavy atom. The average Bonchev–Trinajstić information content (AvgIpc) is 2.82. The van der Waals surface area contributed by atoms with Crippen molar-refractivity contribution in [3.05, 3.63) is 10.7 Å². The van der Waals surface area contributed by atoms with Crippen LogP contribution in [0.3, 0.4) is 0 Å². The molecule has 0 aliphatic heterocycles. The smallest absolute Gasteiger partial charge is 0.449 e. The van der Waals surface area contributed by atoms with E-state index in [1.807, 2.05) is 0 Å². The number of alkyl halides is 1. The van der Waals surface area contributed by atoms with Gasteiger partial charge >= 0.3 is 6.16 Å². The second kappa shape index (κ2) is 3.10. The summed E-state index contributed by atoms with van der Waals surface area (Å²) >= 11 is 5.79. The van der Waals surface area contributed by atoms with E-state index in [2.05, 4.69) is 9.84 Å². The Hall–Kier alpha value is -1.30. The number of hydrogen-bond acceptors (Lipinski definition) is 3. The van der Waals surface area contributed by atoms with Crippen molar-refractivity contribution >= 4 is 17.8 Å². The molecule has 0 bridgehead atoms. The van der Waals surface area contributed by atoms with Crippen LogP contribution in [0.25, 0.3) is 0 Å². The lowest BCUT2D eigenvalue weighted by Crippen LogP contribution is -2.07. The molecule has 1 aliphatic carbocycles. The van der Waals surface area contributed by atoms with E-state index < -0.39 is 11.8 Å². The number of hydrogen-bond donors (Lipinski definition) is 1. The second-order valence-corrected chi connectivity index (χ2v) is 3.80. The zero-order valence-electron chi connectivity index (χ0n) is 7.83. The molecular formula is C8H8ClFN2O3. The molecule has 1 N–H and O–H groups in total. The third-order valence-corrected chi connectivity index (χ3v) is 2.58. The van der Waals surface area contributed by atoms with Crippen molar-refractivity contribution in [2.24, 2.45) is 7.05 Å². The van der Waals surface area contributed by atoms with Gasteiger partial charge in [0.15, 0.2) is 5.67 Å². The van der Waals surface area contributed by atoms with Crippen LogP contribution in [0.15, 0.2) is 0 Å². The van der Waals surface area contributed by atoms with Crippen LogP contribution in [-0.2, 0) is 12.7 Å². The summed E-state index contributed by atoms with van der Waals surface area (Å²) in [6.45, 7) is 0. The summed E-state index contributed by atoms with van der Waals surface area (Å²) in [6.07, 6.45) is -0.790. The van der Waals surface area contributed by atoms with E-state index in [-0.39, 0.29) is 16.6 Å². The van der Waals surface area contributed by atoms with Gasteiger partial charge in [-0.15, -0.1) is 0 Å². The number of aryl methyl sites for hydroxylation is 1. The number of halogens is 2. The summed E-state index contributed by atoms with van der Waals surface area (Å²) in [5.74, 6) is -0.150. The van der Waals surface area contributed by atoms with E-state index in [0.29, 0.717) is 12.8 Å². The lowest BCUT2D eigenvalue weighted by atomic mass is 10.2. The molecule has 1 saturated carbocycles. The van der Waals surface area contributed by atoms with Crippen LogP contribution in [0.1, 0.15) is 18.5 Å². The van der Waals surface area contributed by atoms with Crippen LogP contribution in [0.2, 0.25) is 5.02 Å². The Labute approximate surface area is 89.4 Å². The molecule has 0 saturated heterocycles. The highest BCUT2D eigenvalue weighted by atomic mass is 35.5. The van der Waals surface area contributed by atoms with Gasteiger partial charge in [0.05, 0.1) is 0 Å². The van der Waals surface area contributed by atoms with Crippen molar-refractivity contribution in [3.8, 4) is 5.88 Å². The Balaban J connectivity index is 2.39. The quantitative estimate of drug-likeness (QED) is 0.796. The molecular weight excluding hydrogens is 227 g/mol. The van der Waals surface area contributed by atoms with Gasteiger partial charge in [0.25, 0.3) is 0 Å². The highest BCUT2D eigenvalue weighted by Crippen LogP contribution is 2.52. The zero-order valence-corrected chi connectivity index (χ0v) is 8.58. The summed E-state index contributed by atoms with van der Waals surface area (Å²) < 4.78 is 19.2. The van der Waals surface area contributed by atoms with Crippen LogP contribution in [0.5, 0.6) is 5.88 Å². The minimum Gasteiger partial charge on any atom is -0.449 e. The van der Waals surface area contributed by atoms with Gasteiger partial charge in [-0.2, -0.15) is 5.10 Å². The van der Waals surface area contributed by atoms with E-state index in [4.69, 9.17) is 16.7 Å². The fraction of sp³-hybridized carbons (Fsp3) is 0.500. The largest absolute Gasteiger partial charge is 0.512 e. The molecule has 0 aromatic carbocycles. The topological polar surface area (TPSA) is 64.4 Å². The first kappa shape index (κ1) is 10.2. The molecule has 1 aromatic rings. The summed E-state index contributed by atoms with van der Waals surface area (Å²) in [6, 6.07) is 0. The lowest BCUT2D eigenvalue weighted by molar-refractivity contribution is 0.140. The normalized spacial score (nSPS) is 17.5. The first-order chi connectivity index (χ1) is 6.94. The lowest BCUT2D eigenvalue weighted by Gasteiger charge is -1.99. The van der Waals surface area contributed by atoms with Crippen LogP contribution in [-0.4, -0.2) is 21.0 Å². The maximum Gasteiger partial charge on any atom is 0.512 e. The number of ether oxygens (including phenoxy) is 1. The average molecular weight is 235 g/mol. The van der Waals surface area contributed by atoms with Crippen molar-refractivity contribution < 1.29 is 19.0 Å². The molecule has 0 unspecified atom stereocenters. The number of carbonyl (C=O) groups is 1. The molecule has 0 radical (unpaired) electrons. The van der Waals surface area contributed by atoms with Gasteiger partial charge < -0.3 is 9.84 Å².